The second kappa shape index (κ2) is 5.01. The van der Waals surface area contributed by atoms with Crippen LogP contribution in [0.5, 0.6) is 0 Å². The van der Waals surface area contributed by atoms with E-state index in [9.17, 15) is 4.21 Å². The number of hydrogen-bond donors (Lipinski definition) is 0. The van der Waals surface area contributed by atoms with Crippen LogP contribution in [0.3, 0.4) is 0 Å². The van der Waals surface area contributed by atoms with Crippen LogP contribution in [0, 0.1) is 0 Å². The van der Waals surface area contributed by atoms with Gasteiger partial charge in [0.2, 0.25) is 11.5 Å². The smallest absolute Gasteiger partial charge is 0.191 e. The molecule has 0 aliphatic heterocycles. The first-order valence-electron chi connectivity index (χ1n) is 3.02. The molecule has 14 heavy (non-hydrogen) atoms. The van der Waals surface area contributed by atoms with Gasteiger partial charge in [-0.1, -0.05) is 58.0 Å². The van der Waals surface area contributed by atoms with Gasteiger partial charge in [-0.05, 0) is 0 Å². The van der Waals surface area contributed by atoms with Gasteiger partial charge in [0.25, 0.3) is 0 Å². The lowest BCUT2D eigenvalue weighted by Crippen LogP contribution is -1.79. The van der Waals surface area contributed by atoms with E-state index in [-0.39, 0.29) is 42.3 Å². The van der Waals surface area contributed by atoms with Crippen LogP contribution >= 0.6 is 58.0 Å². The van der Waals surface area contributed by atoms with E-state index in [1.807, 2.05) is 0 Å². The number of nitrogens with zero attached hydrogens (tertiary/aromatic N) is 1. The third-order valence-electron chi connectivity index (χ3n) is 1.32. The Bertz CT molecular complexity index is 413. The summed E-state index contributed by atoms with van der Waals surface area (Å²) in [5.74, 6) is 0. The average molecular weight is 311 g/mol. The van der Waals surface area contributed by atoms with Crippen LogP contribution in [-0.4, -0.2) is 4.21 Å². The Morgan fingerprint density at radius 2 is 1.14 bits per heavy atom. The largest absolute Gasteiger partial charge is 0.205 e. The summed E-state index contributed by atoms with van der Waals surface area (Å²) in [6, 6.07) is 0. The Morgan fingerprint density at radius 3 is 1.50 bits per heavy atom. The molecule has 0 radical (unpaired) electrons. The van der Waals surface area contributed by atoms with Gasteiger partial charge in [-0.3, -0.25) is 0 Å². The summed E-state index contributed by atoms with van der Waals surface area (Å²) >= 11 is 28.6. The van der Waals surface area contributed by atoms with Gasteiger partial charge in [0, 0.05) is 0 Å². The molecule has 0 saturated carbocycles. The van der Waals surface area contributed by atoms with Crippen LogP contribution in [0.15, 0.2) is 4.36 Å². The molecule has 1 aromatic carbocycles. The maximum absolute atomic E-state index is 10.2. The monoisotopic (exact) mass is 309 g/mol. The van der Waals surface area contributed by atoms with Crippen molar-refractivity contribution in [3.05, 3.63) is 25.1 Å². The van der Waals surface area contributed by atoms with Crippen LogP contribution in [0.25, 0.3) is 0 Å². The van der Waals surface area contributed by atoms with Crippen molar-refractivity contribution < 1.29 is 4.21 Å². The topological polar surface area (TPSA) is 29.4 Å². The Labute approximate surface area is 108 Å². The second-order valence-corrected chi connectivity index (χ2v) is 4.31. The van der Waals surface area contributed by atoms with E-state index in [0.29, 0.717) is 0 Å². The molecule has 0 aliphatic rings. The van der Waals surface area contributed by atoms with Crippen molar-refractivity contribution in [2.24, 2.45) is 4.36 Å². The van der Waals surface area contributed by atoms with Crippen molar-refractivity contribution in [2.45, 2.75) is 0 Å². The summed E-state index contributed by atoms with van der Waals surface area (Å²) in [4.78, 5) is 0. The Kier molecular flexibility index (Phi) is 4.50. The van der Waals surface area contributed by atoms with E-state index in [1.165, 1.54) is 0 Å². The lowest BCUT2D eigenvalue weighted by atomic mass is 10.3. The molecule has 0 bridgehead atoms. The van der Waals surface area contributed by atoms with Gasteiger partial charge in [-0.25, -0.2) is 0 Å². The summed E-state index contributed by atoms with van der Waals surface area (Å²) in [6.07, 6.45) is 0. The van der Waals surface area contributed by atoms with Crippen molar-refractivity contribution >= 4 is 75.2 Å². The third kappa shape index (κ3) is 2.18. The molecule has 2 nitrogen and oxygen atoms in total. The highest BCUT2D eigenvalue weighted by atomic mass is 35.5. The fraction of sp³-hybridized carbons (Fsp3) is 0. The van der Waals surface area contributed by atoms with E-state index in [1.54, 1.807) is 0 Å². The molecule has 0 heterocycles. The molecule has 0 N–H and O–H groups in total. The molecule has 0 fully saturated rings. The van der Waals surface area contributed by atoms with Crippen LogP contribution in [0.4, 0.5) is 5.69 Å². The second-order valence-electron chi connectivity index (χ2n) is 2.08. The summed E-state index contributed by atoms with van der Waals surface area (Å²) in [7, 11) is 0. The number of halogens is 5. The molecule has 0 unspecified atom stereocenters. The van der Waals surface area contributed by atoms with Crippen LogP contribution in [0.1, 0.15) is 0 Å². The van der Waals surface area contributed by atoms with Crippen molar-refractivity contribution in [3.63, 3.8) is 0 Å². The van der Waals surface area contributed by atoms with Crippen molar-refractivity contribution in [3.8, 4) is 0 Å². The SMILES string of the molecule is O=S=Nc1c(Cl)c(Cl)c(Cl)c(Cl)c1Cl. The molecule has 0 spiro atoms. The van der Waals surface area contributed by atoms with Gasteiger partial charge in [-0.15, -0.1) is 0 Å². The molecular formula is C6Cl5NOS. The standard InChI is InChI=1S/C6Cl5NOS/c7-1-2(8)4(10)6(12-14-13)5(11)3(1)9. The molecule has 0 aromatic heterocycles. The van der Waals surface area contributed by atoms with Gasteiger partial charge in [0.1, 0.15) is 5.69 Å². The van der Waals surface area contributed by atoms with Crippen molar-refractivity contribution in [2.75, 3.05) is 0 Å². The molecular weight excluding hydrogens is 311 g/mol. The quantitative estimate of drug-likeness (QED) is 0.531. The zero-order valence-electron chi connectivity index (χ0n) is 6.15. The Balaban J connectivity index is 3.67. The summed E-state index contributed by atoms with van der Waals surface area (Å²) in [5, 5.41) is 0.105. The van der Waals surface area contributed by atoms with Crippen LogP contribution < -0.4 is 0 Å². The molecule has 1 rings (SSSR count). The van der Waals surface area contributed by atoms with Crippen molar-refractivity contribution in [1.82, 2.24) is 0 Å². The number of rotatable bonds is 1. The fourth-order valence-electron chi connectivity index (χ4n) is 0.711. The molecule has 8 heteroatoms. The highest BCUT2D eigenvalue weighted by Gasteiger charge is 2.18. The molecule has 0 saturated heterocycles. The van der Waals surface area contributed by atoms with Gasteiger partial charge in [0.15, 0.2) is 0 Å². The van der Waals surface area contributed by atoms with Crippen LogP contribution in [0.2, 0.25) is 25.1 Å². The van der Waals surface area contributed by atoms with Crippen LogP contribution in [-0.2, 0) is 11.5 Å². The highest BCUT2D eigenvalue weighted by Crippen LogP contribution is 2.47. The van der Waals surface area contributed by atoms with E-state index < -0.39 is 0 Å². The maximum atomic E-state index is 10.2. The zero-order valence-corrected chi connectivity index (χ0v) is 10.7. The van der Waals surface area contributed by atoms with Gasteiger partial charge >= 0.3 is 0 Å². The number of benzene rings is 1. The third-order valence-corrected chi connectivity index (χ3v) is 3.83. The Morgan fingerprint density at radius 1 is 0.786 bits per heavy atom. The summed E-state index contributed by atoms with van der Waals surface area (Å²) in [6.45, 7) is 0. The number of hydrogen-bond acceptors (Lipinski definition) is 2. The predicted molar refractivity (Wildman–Crippen MR) is 61.7 cm³/mol. The van der Waals surface area contributed by atoms with E-state index in [0.717, 1.165) is 0 Å². The maximum Gasteiger partial charge on any atom is 0.205 e. The van der Waals surface area contributed by atoms with E-state index >= 15 is 0 Å². The average Bonchev–Trinajstić information content (AvgIpc) is 2.19. The minimum Gasteiger partial charge on any atom is -0.191 e. The molecule has 1 aromatic rings. The van der Waals surface area contributed by atoms with Gasteiger partial charge in [-0.2, -0.15) is 8.57 Å². The Hall–Kier alpha value is 0.490. The lowest BCUT2D eigenvalue weighted by molar-refractivity contribution is 0.698. The van der Waals surface area contributed by atoms with Crippen molar-refractivity contribution in [1.29, 1.82) is 0 Å². The minimum absolute atomic E-state index is 0.00872. The predicted octanol–water partition coefficient (Wildman–Crippen LogP) is 4.98. The van der Waals surface area contributed by atoms with E-state index in [4.69, 9.17) is 58.0 Å². The minimum atomic E-state index is -0.0479. The van der Waals surface area contributed by atoms with Gasteiger partial charge in [0.05, 0.1) is 25.1 Å². The lowest BCUT2D eigenvalue weighted by Gasteiger charge is -2.06. The molecule has 0 aliphatic carbocycles. The summed E-state index contributed by atoms with van der Waals surface area (Å²) in [5.41, 5.74) is 0.0349. The van der Waals surface area contributed by atoms with Gasteiger partial charge < -0.3 is 0 Å². The summed E-state index contributed by atoms with van der Waals surface area (Å²) < 4.78 is 13.7. The molecule has 0 amide bonds. The zero-order chi connectivity index (χ0) is 10.9. The molecule has 0 atom stereocenters. The first-order valence-corrected chi connectivity index (χ1v) is 5.61. The molecule has 76 valence electrons. The highest BCUT2D eigenvalue weighted by molar-refractivity contribution is 7.54. The van der Waals surface area contributed by atoms with E-state index in [2.05, 4.69) is 4.36 Å². The first kappa shape index (κ1) is 12.6. The normalized spacial score (nSPS) is 10.1. The fourth-order valence-corrected chi connectivity index (χ4v) is 2.28. The first-order chi connectivity index (χ1) is 6.50.